The van der Waals surface area contributed by atoms with E-state index in [4.69, 9.17) is 14.2 Å². The summed E-state index contributed by atoms with van der Waals surface area (Å²) in [6.45, 7) is 5.18. The number of hydrogen-bond acceptors (Lipinski definition) is 4. The lowest BCUT2D eigenvalue weighted by atomic mass is 9.89. The van der Waals surface area contributed by atoms with Gasteiger partial charge in [0.2, 0.25) is 0 Å². The Morgan fingerprint density at radius 2 is 1.39 bits per heavy atom. The van der Waals surface area contributed by atoms with Gasteiger partial charge in [-0.05, 0) is 32.1 Å². The zero-order valence-corrected chi connectivity index (χ0v) is 22.0. The molecule has 0 N–H and O–H groups in total. The number of ether oxygens (including phenoxy) is 3. The van der Waals surface area contributed by atoms with Crippen LogP contribution in [0.1, 0.15) is 149 Å². The molecule has 0 spiro atoms. The lowest BCUT2D eigenvalue weighted by Crippen LogP contribution is -2.47. The molecule has 0 aliphatic carbocycles. The number of carbonyl (C=O) groups is 1. The molecule has 4 atom stereocenters. The SMILES string of the molecule is CCCCCCCCCCCCCCCCCC(C[C@@H]1OC(=O)[C@H]1CC)OC1CCCCO1. The largest absolute Gasteiger partial charge is 0.461 e. The van der Waals surface area contributed by atoms with Crippen LogP contribution in [0.5, 0.6) is 0 Å². The van der Waals surface area contributed by atoms with Gasteiger partial charge in [-0.25, -0.2) is 0 Å². The molecule has 2 saturated heterocycles. The second kappa shape index (κ2) is 18.7. The van der Waals surface area contributed by atoms with Gasteiger partial charge in [0.25, 0.3) is 0 Å². The number of hydrogen-bond donors (Lipinski definition) is 0. The van der Waals surface area contributed by atoms with Crippen molar-refractivity contribution < 1.29 is 19.0 Å². The van der Waals surface area contributed by atoms with Gasteiger partial charge in [-0.15, -0.1) is 0 Å². The van der Waals surface area contributed by atoms with Crippen molar-refractivity contribution in [1.82, 2.24) is 0 Å². The maximum Gasteiger partial charge on any atom is 0.313 e. The third-order valence-corrected chi connectivity index (χ3v) is 7.57. The Morgan fingerprint density at radius 3 is 1.88 bits per heavy atom. The standard InChI is InChI=1S/C29H54O4/c1-3-5-6-7-8-9-10-11-12-13-14-15-16-17-18-21-25(32-28-22-19-20-23-31-28)24-27-26(4-2)29(30)33-27/h25-28H,3-24H2,1-2H3/t25?,26-,27-,28?/m0/s1. The normalized spacial score (nSPS) is 23.8. The van der Waals surface area contributed by atoms with E-state index in [2.05, 4.69) is 13.8 Å². The van der Waals surface area contributed by atoms with E-state index in [-0.39, 0.29) is 30.4 Å². The monoisotopic (exact) mass is 466 g/mol. The zero-order chi connectivity index (χ0) is 23.6. The summed E-state index contributed by atoms with van der Waals surface area (Å²) in [6.07, 6.45) is 27.0. The smallest absolute Gasteiger partial charge is 0.313 e. The molecule has 0 radical (unpaired) electrons. The van der Waals surface area contributed by atoms with Crippen molar-refractivity contribution in [2.45, 2.75) is 167 Å². The van der Waals surface area contributed by atoms with Crippen LogP contribution in [-0.4, -0.2) is 31.1 Å². The number of cyclic esters (lactones) is 1. The first-order valence-electron chi connectivity index (χ1n) is 14.7. The summed E-state index contributed by atoms with van der Waals surface area (Å²) in [7, 11) is 0. The third kappa shape index (κ3) is 12.6. The first-order chi connectivity index (χ1) is 16.2. The van der Waals surface area contributed by atoms with Crippen LogP contribution in [0, 0.1) is 5.92 Å². The highest BCUT2D eigenvalue weighted by Gasteiger charge is 2.42. The predicted octanol–water partition coefficient (Wildman–Crippen LogP) is 8.50. The molecule has 2 aliphatic rings. The molecule has 0 bridgehead atoms. The molecule has 0 aromatic rings. The molecular weight excluding hydrogens is 412 g/mol. The van der Waals surface area contributed by atoms with Gasteiger partial charge in [0, 0.05) is 13.0 Å². The van der Waals surface area contributed by atoms with Crippen LogP contribution in [0.15, 0.2) is 0 Å². The van der Waals surface area contributed by atoms with Gasteiger partial charge in [0.05, 0.1) is 12.0 Å². The molecule has 2 fully saturated rings. The summed E-state index contributed by atoms with van der Waals surface area (Å²) in [5.74, 6) is 0.0478. The average molecular weight is 467 g/mol. The molecule has 0 amide bonds. The van der Waals surface area contributed by atoms with Crippen LogP contribution in [0.3, 0.4) is 0 Å². The van der Waals surface area contributed by atoms with Crippen molar-refractivity contribution in [2.24, 2.45) is 5.92 Å². The number of carbonyl (C=O) groups excluding carboxylic acids is 1. The fourth-order valence-electron chi connectivity index (χ4n) is 5.32. The van der Waals surface area contributed by atoms with Gasteiger partial charge in [-0.1, -0.05) is 110 Å². The Morgan fingerprint density at radius 1 is 0.818 bits per heavy atom. The van der Waals surface area contributed by atoms with Crippen molar-refractivity contribution >= 4 is 5.97 Å². The molecule has 194 valence electrons. The summed E-state index contributed by atoms with van der Waals surface area (Å²) in [6, 6.07) is 0. The minimum atomic E-state index is -0.0593. The summed E-state index contributed by atoms with van der Waals surface area (Å²) >= 11 is 0. The molecule has 0 saturated carbocycles. The van der Waals surface area contributed by atoms with E-state index in [9.17, 15) is 4.79 Å². The molecule has 2 aliphatic heterocycles. The van der Waals surface area contributed by atoms with Crippen LogP contribution in [0.2, 0.25) is 0 Å². The first kappa shape index (κ1) is 28.6. The van der Waals surface area contributed by atoms with Gasteiger partial charge in [-0.3, -0.25) is 4.79 Å². The van der Waals surface area contributed by atoms with Crippen molar-refractivity contribution in [1.29, 1.82) is 0 Å². The molecule has 4 heteroatoms. The first-order valence-corrected chi connectivity index (χ1v) is 14.7. The van der Waals surface area contributed by atoms with Crippen LogP contribution >= 0.6 is 0 Å². The van der Waals surface area contributed by atoms with Crippen molar-refractivity contribution in [3.8, 4) is 0 Å². The van der Waals surface area contributed by atoms with E-state index < -0.39 is 0 Å². The van der Waals surface area contributed by atoms with E-state index in [0.29, 0.717) is 0 Å². The highest BCUT2D eigenvalue weighted by molar-refractivity contribution is 5.78. The Bertz CT molecular complexity index is 474. The quantitative estimate of drug-likeness (QED) is 0.126. The van der Waals surface area contributed by atoms with E-state index in [1.165, 1.54) is 103 Å². The Kier molecular flexibility index (Phi) is 16.2. The van der Waals surface area contributed by atoms with E-state index in [1.54, 1.807) is 0 Å². The number of esters is 1. The fourth-order valence-corrected chi connectivity index (χ4v) is 5.32. The second-order valence-corrected chi connectivity index (χ2v) is 10.5. The maximum atomic E-state index is 11.7. The minimum Gasteiger partial charge on any atom is -0.461 e. The van der Waals surface area contributed by atoms with Crippen molar-refractivity contribution in [3.05, 3.63) is 0 Å². The molecule has 4 nitrogen and oxygen atoms in total. The number of unbranched alkanes of at least 4 members (excludes halogenated alkanes) is 14. The lowest BCUT2D eigenvalue weighted by Gasteiger charge is -2.37. The minimum absolute atomic E-state index is 0.0258. The van der Waals surface area contributed by atoms with Crippen LogP contribution < -0.4 is 0 Å². The van der Waals surface area contributed by atoms with Crippen LogP contribution in [0.4, 0.5) is 0 Å². The fraction of sp³-hybridized carbons (Fsp3) is 0.966. The van der Waals surface area contributed by atoms with Gasteiger partial charge >= 0.3 is 5.97 Å². The van der Waals surface area contributed by atoms with Crippen LogP contribution in [0.25, 0.3) is 0 Å². The zero-order valence-electron chi connectivity index (χ0n) is 22.0. The topological polar surface area (TPSA) is 44.8 Å². The van der Waals surface area contributed by atoms with Gasteiger partial charge in [-0.2, -0.15) is 0 Å². The summed E-state index contributed by atoms with van der Waals surface area (Å²) < 4.78 is 17.6. The Hall–Kier alpha value is -0.610. The van der Waals surface area contributed by atoms with Gasteiger partial charge in [0.15, 0.2) is 6.29 Å². The van der Waals surface area contributed by atoms with Crippen LogP contribution in [-0.2, 0) is 19.0 Å². The maximum absolute atomic E-state index is 11.7. The molecule has 2 unspecified atom stereocenters. The Labute approximate surface area is 204 Å². The average Bonchev–Trinajstić information content (AvgIpc) is 2.82. The van der Waals surface area contributed by atoms with Crippen molar-refractivity contribution in [3.63, 3.8) is 0 Å². The highest BCUT2D eigenvalue weighted by atomic mass is 16.7. The molecule has 0 aromatic heterocycles. The molecular formula is C29H54O4. The second-order valence-electron chi connectivity index (χ2n) is 10.5. The summed E-state index contributed by atoms with van der Waals surface area (Å²) in [5, 5.41) is 0. The van der Waals surface area contributed by atoms with Gasteiger partial charge in [0.1, 0.15) is 6.10 Å². The predicted molar refractivity (Wildman–Crippen MR) is 136 cm³/mol. The molecule has 0 aromatic carbocycles. The van der Waals surface area contributed by atoms with E-state index in [1.807, 2.05) is 0 Å². The van der Waals surface area contributed by atoms with Gasteiger partial charge < -0.3 is 14.2 Å². The molecule has 2 heterocycles. The molecule has 2 rings (SSSR count). The molecule has 33 heavy (non-hydrogen) atoms. The third-order valence-electron chi connectivity index (χ3n) is 7.57. The van der Waals surface area contributed by atoms with E-state index >= 15 is 0 Å². The highest BCUT2D eigenvalue weighted by Crippen LogP contribution is 2.31. The van der Waals surface area contributed by atoms with E-state index in [0.717, 1.165) is 38.7 Å². The van der Waals surface area contributed by atoms with Crippen molar-refractivity contribution in [2.75, 3.05) is 6.61 Å². The Balaban J connectivity index is 1.47. The lowest BCUT2D eigenvalue weighted by molar-refractivity contribution is -0.210. The summed E-state index contributed by atoms with van der Waals surface area (Å²) in [4.78, 5) is 11.7. The summed E-state index contributed by atoms with van der Waals surface area (Å²) in [5.41, 5.74) is 0. The number of rotatable bonds is 21.